The molecular weight excluding hydrogens is 396 g/mol. The molecule has 0 aromatic heterocycles. The Kier molecular flexibility index (Phi) is 11.2. The van der Waals surface area contributed by atoms with E-state index in [4.69, 9.17) is 4.74 Å². The van der Waals surface area contributed by atoms with Crippen molar-refractivity contribution in [1.82, 2.24) is 10.6 Å². The molecule has 0 spiro atoms. The minimum atomic E-state index is -0.246. The van der Waals surface area contributed by atoms with Gasteiger partial charge in [0.1, 0.15) is 11.9 Å². The zero-order valence-electron chi connectivity index (χ0n) is 13.7. The zero-order valence-corrected chi connectivity index (χ0v) is 16.1. The van der Waals surface area contributed by atoms with Crippen molar-refractivity contribution in [2.24, 2.45) is 4.99 Å². The lowest BCUT2D eigenvalue weighted by molar-refractivity contribution is 0.111. The Morgan fingerprint density at radius 3 is 2.41 bits per heavy atom. The van der Waals surface area contributed by atoms with Gasteiger partial charge in [-0.2, -0.15) is 0 Å². The van der Waals surface area contributed by atoms with Crippen molar-refractivity contribution >= 4 is 29.9 Å². The minimum absolute atomic E-state index is 0. The number of methoxy groups -OCH3 is 1. The Morgan fingerprint density at radius 2 is 1.91 bits per heavy atom. The molecule has 2 unspecified atom stereocenters. The van der Waals surface area contributed by atoms with Crippen LogP contribution in [0.2, 0.25) is 0 Å². The standard InChI is InChI=1S/C16H26FN3O.HI/c1-5-12(3)20-16(18-6-2)19-11-15(21-4)13-7-9-14(17)10-8-13;/h7-10,12,15H,5-6,11H2,1-4H3,(H2,18,19,20);1H. The lowest BCUT2D eigenvalue weighted by Crippen LogP contribution is -2.42. The number of rotatable bonds is 7. The predicted molar refractivity (Wildman–Crippen MR) is 100 cm³/mol. The fourth-order valence-electron chi connectivity index (χ4n) is 1.82. The van der Waals surface area contributed by atoms with Gasteiger partial charge in [-0.1, -0.05) is 19.1 Å². The predicted octanol–water partition coefficient (Wildman–Crippen LogP) is 3.48. The van der Waals surface area contributed by atoms with E-state index in [-0.39, 0.29) is 35.9 Å². The molecule has 2 atom stereocenters. The molecule has 0 heterocycles. The van der Waals surface area contributed by atoms with E-state index in [0.29, 0.717) is 12.6 Å². The third-order valence-corrected chi connectivity index (χ3v) is 3.28. The molecule has 1 rings (SSSR count). The fourth-order valence-corrected chi connectivity index (χ4v) is 1.82. The van der Waals surface area contributed by atoms with Gasteiger partial charge in [0.05, 0.1) is 6.54 Å². The molecular formula is C16H27FIN3O. The Balaban J connectivity index is 0.00000441. The third kappa shape index (κ3) is 7.40. The van der Waals surface area contributed by atoms with Crippen LogP contribution in [0.1, 0.15) is 38.9 Å². The second kappa shape index (κ2) is 11.6. The summed E-state index contributed by atoms with van der Waals surface area (Å²) in [5.74, 6) is 0.528. The van der Waals surface area contributed by atoms with E-state index in [2.05, 4.69) is 29.5 Å². The average molecular weight is 423 g/mol. The molecule has 1 aromatic carbocycles. The number of ether oxygens (including phenoxy) is 1. The fraction of sp³-hybridized carbons (Fsp3) is 0.562. The maximum Gasteiger partial charge on any atom is 0.191 e. The average Bonchev–Trinajstić information content (AvgIpc) is 2.49. The molecule has 0 radical (unpaired) electrons. The van der Waals surface area contributed by atoms with Gasteiger partial charge in [0, 0.05) is 19.7 Å². The van der Waals surface area contributed by atoms with Gasteiger partial charge >= 0.3 is 0 Å². The summed E-state index contributed by atoms with van der Waals surface area (Å²) in [6.07, 6.45) is 0.841. The summed E-state index contributed by atoms with van der Waals surface area (Å²) in [7, 11) is 1.64. The van der Waals surface area contributed by atoms with Gasteiger partial charge < -0.3 is 15.4 Å². The Bertz CT molecular complexity index is 440. The highest BCUT2D eigenvalue weighted by Gasteiger charge is 2.11. The van der Waals surface area contributed by atoms with Crippen molar-refractivity contribution in [2.45, 2.75) is 39.3 Å². The molecule has 0 aliphatic carbocycles. The monoisotopic (exact) mass is 423 g/mol. The van der Waals surface area contributed by atoms with Crippen LogP contribution < -0.4 is 10.6 Å². The number of nitrogens with zero attached hydrogens (tertiary/aromatic N) is 1. The maximum atomic E-state index is 13.0. The summed E-state index contributed by atoms with van der Waals surface area (Å²) in [5.41, 5.74) is 0.919. The van der Waals surface area contributed by atoms with E-state index in [0.717, 1.165) is 24.5 Å². The van der Waals surface area contributed by atoms with Crippen LogP contribution in [-0.4, -0.2) is 32.2 Å². The molecule has 1 aromatic rings. The van der Waals surface area contributed by atoms with Gasteiger partial charge in [0.2, 0.25) is 0 Å². The number of benzene rings is 1. The van der Waals surface area contributed by atoms with Crippen molar-refractivity contribution < 1.29 is 9.13 Å². The van der Waals surface area contributed by atoms with E-state index in [1.807, 2.05) is 6.92 Å². The first-order valence-corrected chi connectivity index (χ1v) is 7.43. The number of guanidine groups is 1. The molecule has 4 nitrogen and oxygen atoms in total. The Hall–Kier alpha value is -0.890. The van der Waals surface area contributed by atoms with Crippen LogP contribution >= 0.6 is 24.0 Å². The van der Waals surface area contributed by atoms with Crippen LogP contribution in [-0.2, 0) is 4.74 Å². The van der Waals surface area contributed by atoms with Crippen LogP contribution in [0, 0.1) is 5.82 Å². The molecule has 0 aliphatic heterocycles. The van der Waals surface area contributed by atoms with Gasteiger partial charge in [0.25, 0.3) is 0 Å². The van der Waals surface area contributed by atoms with Gasteiger partial charge in [-0.05, 0) is 38.0 Å². The van der Waals surface area contributed by atoms with E-state index < -0.39 is 0 Å². The summed E-state index contributed by atoms with van der Waals surface area (Å²) >= 11 is 0. The molecule has 0 fully saturated rings. The topological polar surface area (TPSA) is 45.7 Å². The molecule has 22 heavy (non-hydrogen) atoms. The van der Waals surface area contributed by atoms with Gasteiger partial charge in [0.15, 0.2) is 5.96 Å². The Morgan fingerprint density at radius 1 is 1.27 bits per heavy atom. The molecule has 0 amide bonds. The zero-order chi connectivity index (χ0) is 15.7. The van der Waals surface area contributed by atoms with Crippen molar-refractivity contribution in [3.63, 3.8) is 0 Å². The molecule has 2 N–H and O–H groups in total. The highest BCUT2D eigenvalue weighted by atomic mass is 127. The van der Waals surface area contributed by atoms with Crippen molar-refractivity contribution in [1.29, 1.82) is 0 Å². The van der Waals surface area contributed by atoms with Crippen molar-refractivity contribution in [3.05, 3.63) is 35.6 Å². The number of hydrogen-bond acceptors (Lipinski definition) is 2. The third-order valence-electron chi connectivity index (χ3n) is 3.28. The van der Waals surface area contributed by atoms with E-state index in [1.165, 1.54) is 12.1 Å². The summed E-state index contributed by atoms with van der Waals surface area (Å²) in [6, 6.07) is 6.69. The second-order valence-electron chi connectivity index (χ2n) is 4.95. The van der Waals surface area contributed by atoms with Gasteiger partial charge in [-0.25, -0.2) is 4.39 Å². The summed E-state index contributed by atoms with van der Waals surface area (Å²) in [4.78, 5) is 4.55. The normalized spacial score (nSPS) is 14.0. The lowest BCUT2D eigenvalue weighted by atomic mass is 10.1. The minimum Gasteiger partial charge on any atom is -0.375 e. The molecule has 0 saturated heterocycles. The van der Waals surface area contributed by atoms with Gasteiger partial charge in [-0.3, -0.25) is 4.99 Å². The number of nitrogens with one attached hydrogen (secondary N) is 2. The van der Waals surface area contributed by atoms with Crippen molar-refractivity contribution in [3.8, 4) is 0 Å². The number of aliphatic imine (C=N–C) groups is 1. The largest absolute Gasteiger partial charge is 0.375 e. The van der Waals surface area contributed by atoms with E-state index >= 15 is 0 Å². The molecule has 0 aliphatic rings. The van der Waals surface area contributed by atoms with E-state index in [9.17, 15) is 4.39 Å². The van der Waals surface area contributed by atoms with Crippen LogP contribution in [0.5, 0.6) is 0 Å². The van der Waals surface area contributed by atoms with E-state index in [1.54, 1.807) is 19.2 Å². The highest BCUT2D eigenvalue weighted by Crippen LogP contribution is 2.17. The highest BCUT2D eigenvalue weighted by molar-refractivity contribution is 14.0. The number of hydrogen-bond donors (Lipinski definition) is 2. The molecule has 0 bridgehead atoms. The Labute approximate surface area is 149 Å². The van der Waals surface area contributed by atoms with Crippen LogP contribution in [0.25, 0.3) is 0 Å². The summed E-state index contributed by atoms with van der Waals surface area (Å²) in [5, 5.41) is 6.54. The maximum absolute atomic E-state index is 13.0. The first-order chi connectivity index (χ1) is 10.1. The molecule has 6 heteroatoms. The SMILES string of the molecule is CCNC(=NCC(OC)c1ccc(F)cc1)NC(C)CC.I. The number of halogens is 2. The lowest BCUT2D eigenvalue weighted by Gasteiger charge is -2.18. The van der Waals surface area contributed by atoms with Gasteiger partial charge in [-0.15, -0.1) is 24.0 Å². The smallest absolute Gasteiger partial charge is 0.191 e. The molecule has 0 saturated carbocycles. The quantitative estimate of drug-likeness (QED) is 0.401. The van der Waals surface area contributed by atoms with Crippen LogP contribution in [0.15, 0.2) is 29.3 Å². The van der Waals surface area contributed by atoms with Crippen molar-refractivity contribution in [2.75, 3.05) is 20.2 Å². The van der Waals surface area contributed by atoms with Crippen LogP contribution in [0.4, 0.5) is 4.39 Å². The first-order valence-electron chi connectivity index (χ1n) is 7.43. The molecule has 126 valence electrons. The first kappa shape index (κ1) is 21.1. The summed E-state index contributed by atoms with van der Waals surface area (Å²) < 4.78 is 18.4. The summed E-state index contributed by atoms with van der Waals surface area (Å²) in [6.45, 7) is 7.55. The second-order valence-corrected chi connectivity index (χ2v) is 4.95. The van der Waals surface area contributed by atoms with Crippen LogP contribution in [0.3, 0.4) is 0 Å².